The normalized spacial score (nSPS) is 10.6. The van der Waals surface area contributed by atoms with Crippen molar-refractivity contribution >= 4 is 12.1 Å². The van der Waals surface area contributed by atoms with Gasteiger partial charge in [-0.25, -0.2) is 5.43 Å². The minimum absolute atomic E-state index is 0.0589. The van der Waals surface area contributed by atoms with Crippen LogP contribution in [0.3, 0.4) is 0 Å². The Morgan fingerprint density at radius 3 is 2.68 bits per heavy atom. The molecule has 0 radical (unpaired) electrons. The van der Waals surface area contributed by atoms with E-state index in [9.17, 15) is 4.79 Å². The minimum Gasteiger partial charge on any atom is -0.484 e. The highest BCUT2D eigenvalue weighted by molar-refractivity contribution is 5.83. The summed E-state index contributed by atoms with van der Waals surface area (Å²) in [5.41, 5.74) is 5.77. The molecule has 0 spiro atoms. The van der Waals surface area contributed by atoms with E-state index in [1.807, 2.05) is 55.5 Å². The van der Waals surface area contributed by atoms with Crippen LogP contribution >= 0.6 is 0 Å². The lowest BCUT2D eigenvalue weighted by Gasteiger charge is -2.05. The fourth-order valence-corrected chi connectivity index (χ4v) is 1.93. The summed E-state index contributed by atoms with van der Waals surface area (Å²) in [5.74, 6) is 0.387. The number of carbonyl (C=O) groups excluding carboxylic acids is 1. The Hall–Kier alpha value is -2.62. The molecule has 0 heterocycles. The van der Waals surface area contributed by atoms with E-state index < -0.39 is 0 Å². The second-order valence-electron chi connectivity index (χ2n) is 4.99. The third kappa shape index (κ3) is 5.05. The number of carbonyl (C=O) groups is 1. The van der Waals surface area contributed by atoms with Gasteiger partial charge in [0.15, 0.2) is 6.61 Å². The molecule has 1 amide bonds. The standard InChI is InChI=1S/C18H20N2O2/c1-3-15-7-9-17(10-8-15)22-13-18(21)20-19-12-16-6-4-5-14(2)11-16/h4-12H,3,13H2,1-2H3,(H,20,21)/b19-12+. The summed E-state index contributed by atoms with van der Waals surface area (Å²) in [6, 6.07) is 15.6. The Labute approximate surface area is 130 Å². The maximum absolute atomic E-state index is 11.6. The van der Waals surface area contributed by atoms with Crippen molar-refractivity contribution in [2.24, 2.45) is 5.10 Å². The largest absolute Gasteiger partial charge is 0.484 e. The first-order chi connectivity index (χ1) is 10.7. The molecule has 0 aromatic heterocycles. The van der Waals surface area contributed by atoms with Gasteiger partial charge in [-0.3, -0.25) is 4.79 Å². The number of nitrogens with zero attached hydrogens (tertiary/aromatic N) is 1. The number of rotatable bonds is 6. The van der Waals surface area contributed by atoms with Gasteiger partial charge in [0.2, 0.25) is 0 Å². The lowest BCUT2D eigenvalue weighted by molar-refractivity contribution is -0.123. The fourth-order valence-electron chi connectivity index (χ4n) is 1.93. The van der Waals surface area contributed by atoms with Crippen molar-refractivity contribution in [3.05, 3.63) is 65.2 Å². The van der Waals surface area contributed by atoms with Crippen LogP contribution < -0.4 is 10.2 Å². The Kier molecular flexibility index (Phi) is 5.72. The van der Waals surface area contributed by atoms with E-state index in [2.05, 4.69) is 17.5 Å². The average molecular weight is 296 g/mol. The first-order valence-corrected chi connectivity index (χ1v) is 7.27. The molecule has 1 N–H and O–H groups in total. The van der Waals surface area contributed by atoms with Crippen LogP contribution in [0.25, 0.3) is 0 Å². The van der Waals surface area contributed by atoms with Crippen LogP contribution in [0.4, 0.5) is 0 Å². The zero-order valence-corrected chi connectivity index (χ0v) is 12.9. The summed E-state index contributed by atoms with van der Waals surface area (Å²) in [5, 5.41) is 3.92. The first kappa shape index (κ1) is 15.8. The van der Waals surface area contributed by atoms with E-state index in [0.717, 1.165) is 17.5 Å². The summed E-state index contributed by atoms with van der Waals surface area (Å²) in [7, 11) is 0. The van der Waals surface area contributed by atoms with E-state index in [4.69, 9.17) is 4.74 Å². The highest BCUT2D eigenvalue weighted by Crippen LogP contribution is 2.12. The Morgan fingerprint density at radius 1 is 1.23 bits per heavy atom. The molecule has 0 aliphatic heterocycles. The van der Waals surface area contributed by atoms with E-state index in [-0.39, 0.29) is 12.5 Å². The van der Waals surface area contributed by atoms with Crippen LogP contribution in [-0.4, -0.2) is 18.7 Å². The van der Waals surface area contributed by atoms with Crippen LogP contribution in [0.2, 0.25) is 0 Å². The van der Waals surface area contributed by atoms with Crippen LogP contribution in [0, 0.1) is 6.92 Å². The molecule has 0 atom stereocenters. The second kappa shape index (κ2) is 7.98. The van der Waals surface area contributed by atoms with Gasteiger partial charge in [-0.1, -0.05) is 48.9 Å². The zero-order chi connectivity index (χ0) is 15.8. The van der Waals surface area contributed by atoms with E-state index in [1.54, 1.807) is 6.21 Å². The highest BCUT2D eigenvalue weighted by Gasteiger charge is 2.01. The highest BCUT2D eigenvalue weighted by atomic mass is 16.5. The van der Waals surface area contributed by atoms with Gasteiger partial charge in [0.05, 0.1) is 6.21 Å². The molecule has 2 aromatic carbocycles. The topological polar surface area (TPSA) is 50.7 Å². The molecule has 0 aliphatic rings. The summed E-state index contributed by atoms with van der Waals surface area (Å²) >= 11 is 0. The van der Waals surface area contributed by atoms with Gasteiger partial charge in [0.1, 0.15) is 5.75 Å². The van der Waals surface area contributed by atoms with Crippen LogP contribution in [0.1, 0.15) is 23.6 Å². The summed E-state index contributed by atoms with van der Waals surface area (Å²) in [6.45, 7) is 4.04. The molecular weight excluding hydrogens is 276 g/mol. The lowest BCUT2D eigenvalue weighted by atomic mass is 10.2. The summed E-state index contributed by atoms with van der Waals surface area (Å²) in [6.07, 6.45) is 2.59. The third-order valence-corrected chi connectivity index (χ3v) is 3.15. The Bertz CT molecular complexity index is 648. The number of amides is 1. The molecule has 114 valence electrons. The lowest BCUT2D eigenvalue weighted by Crippen LogP contribution is -2.24. The third-order valence-electron chi connectivity index (χ3n) is 3.15. The van der Waals surface area contributed by atoms with Gasteiger partial charge >= 0.3 is 0 Å². The first-order valence-electron chi connectivity index (χ1n) is 7.27. The van der Waals surface area contributed by atoms with E-state index in [1.165, 1.54) is 5.56 Å². The van der Waals surface area contributed by atoms with Crippen LogP contribution in [0.5, 0.6) is 5.75 Å². The quantitative estimate of drug-likeness (QED) is 0.658. The molecule has 0 bridgehead atoms. The Morgan fingerprint density at radius 2 is 2.00 bits per heavy atom. The zero-order valence-electron chi connectivity index (χ0n) is 12.9. The van der Waals surface area contributed by atoms with E-state index >= 15 is 0 Å². The number of ether oxygens (including phenoxy) is 1. The smallest absolute Gasteiger partial charge is 0.277 e. The molecule has 0 fully saturated rings. The average Bonchev–Trinajstić information content (AvgIpc) is 2.53. The van der Waals surface area contributed by atoms with E-state index in [0.29, 0.717) is 5.75 Å². The molecule has 2 rings (SSSR count). The van der Waals surface area contributed by atoms with Crippen LogP contribution in [-0.2, 0) is 11.2 Å². The molecule has 4 nitrogen and oxygen atoms in total. The number of benzene rings is 2. The van der Waals surface area contributed by atoms with Crippen molar-refractivity contribution < 1.29 is 9.53 Å². The molecule has 22 heavy (non-hydrogen) atoms. The van der Waals surface area contributed by atoms with Gasteiger partial charge in [0, 0.05) is 0 Å². The van der Waals surface area contributed by atoms with Crippen molar-refractivity contribution in [3.8, 4) is 5.75 Å². The monoisotopic (exact) mass is 296 g/mol. The van der Waals surface area contributed by atoms with Gasteiger partial charge in [-0.2, -0.15) is 5.10 Å². The molecule has 0 saturated carbocycles. The van der Waals surface area contributed by atoms with Gasteiger partial charge in [-0.05, 0) is 36.6 Å². The predicted octanol–water partition coefficient (Wildman–Crippen LogP) is 3.09. The Balaban J connectivity index is 1.77. The summed E-state index contributed by atoms with van der Waals surface area (Å²) in [4.78, 5) is 11.6. The molecule has 0 aliphatic carbocycles. The van der Waals surface area contributed by atoms with Crippen molar-refractivity contribution in [2.75, 3.05) is 6.61 Å². The maximum Gasteiger partial charge on any atom is 0.277 e. The molecule has 0 saturated heterocycles. The number of hydrogen-bond donors (Lipinski definition) is 1. The van der Waals surface area contributed by atoms with Gasteiger partial charge < -0.3 is 4.74 Å². The van der Waals surface area contributed by atoms with Crippen molar-refractivity contribution in [1.29, 1.82) is 0 Å². The summed E-state index contributed by atoms with van der Waals surface area (Å²) < 4.78 is 5.40. The fraction of sp³-hybridized carbons (Fsp3) is 0.222. The molecule has 4 heteroatoms. The number of hydrogen-bond acceptors (Lipinski definition) is 3. The number of hydrazone groups is 1. The SMILES string of the molecule is CCc1ccc(OCC(=O)N/N=C/c2cccc(C)c2)cc1. The van der Waals surface area contributed by atoms with Gasteiger partial charge in [0.25, 0.3) is 5.91 Å². The van der Waals surface area contributed by atoms with Crippen LogP contribution in [0.15, 0.2) is 53.6 Å². The number of aryl methyl sites for hydroxylation is 2. The van der Waals surface area contributed by atoms with Crippen molar-refractivity contribution in [1.82, 2.24) is 5.43 Å². The molecule has 2 aromatic rings. The predicted molar refractivity (Wildman–Crippen MR) is 88.2 cm³/mol. The molecule has 0 unspecified atom stereocenters. The van der Waals surface area contributed by atoms with Crippen molar-refractivity contribution in [3.63, 3.8) is 0 Å². The minimum atomic E-state index is -0.288. The van der Waals surface area contributed by atoms with Gasteiger partial charge in [-0.15, -0.1) is 0 Å². The maximum atomic E-state index is 11.6. The van der Waals surface area contributed by atoms with Crippen molar-refractivity contribution in [2.45, 2.75) is 20.3 Å². The number of nitrogens with one attached hydrogen (secondary N) is 1. The molecular formula is C18H20N2O2. The second-order valence-corrected chi connectivity index (χ2v) is 4.99.